The second kappa shape index (κ2) is 5.52. The summed E-state index contributed by atoms with van der Waals surface area (Å²) < 4.78 is 13.1. The zero-order valence-electron chi connectivity index (χ0n) is 10.5. The van der Waals surface area contributed by atoms with E-state index >= 15 is 0 Å². The van der Waals surface area contributed by atoms with Gasteiger partial charge in [0.25, 0.3) is 0 Å². The Bertz CT molecular complexity index is 584. The van der Waals surface area contributed by atoms with Gasteiger partial charge in [0.1, 0.15) is 11.6 Å². The summed E-state index contributed by atoms with van der Waals surface area (Å²) in [5, 5.41) is 9.58. The Morgan fingerprint density at radius 2 is 1.89 bits per heavy atom. The molecule has 0 heterocycles. The number of rotatable bonds is 4. The molecule has 0 unspecified atom stereocenters. The highest BCUT2D eigenvalue weighted by molar-refractivity contribution is 6.01. The third kappa shape index (κ3) is 3.10. The topological polar surface area (TPSA) is 40.5 Å². The number of phenolic OH excluding ortho intramolecular Hbond substituents is 1. The molecule has 0 aliphatic rings. The van der Waals surface area contributed by atoms with Crippen molar-refractivity contribution in [3.63, 3.8) is 0 Å². The first-order valence-electron chi connectivity index (χ1n) is 5.86. The molecule has 0 amide bonds. The molecule has 0 bridgehead atoms. The second-order valence-electron chi connectivity index (χ2n) is 4.28. The first kappa shape index (κ1) is 13.1. The summed E-state index contributed by atoms with van der Waals surface area (Å²) >= 11 is 0. The molecule has 2 aromatic carbocycles. The van der Waals surface area contributed by atoms with E-state index in [1.165, 1.54) is 6.07 Å². The fourth-order valence-corrected chi connectivity index (χ4v) is 1.81. The van der Waals surface area contributed by atoms with Crippen LogP contribution >= 0.6 is 0 Å². The number of aromatic hydroxyl groups is 1. The number of ketones is 1. The molecule has 19 heavy (non-hydrogen) atoms. The number of benzene rings is 2. The molecule has 0 saturated heterocycles. The minimum atomic E-state index is -0.538. The van der Waals surface area contributed by atoms with Gasteiger partial charge in [-0.15, -0.1) is 0 Å². The number of halogens is 1. The molecule has 0 aromatic heterocycles. The Kier molecular flexibility index (Phi) is 3.80. The van der Waals surface area contributed by atoms with Crippen molar-refractivity contribution in [2.75, 3.05) is 18.5 Å². The molecule has 0 atom stereocenters. The summed E-state index contributed by atoms with van der Waals surface area (Å²) in [6.07, 6.45) is 0. The predicted molar refractivity (Wildman–Crippen MR) is 72.1 cm³/mol. The van der Waals surface area contributed by atoms with Crippen molar-refractivity contribution >= 4 is 11.5 Å². The standard InChI is InChI=1S/C15H14FNO2/c1-17(12-5-3-2-4-6-12)10-15(19)13-9-11(16)7-8-14(13)18/h2-9,18H,10H2,1H3. The van der Waals surface area contributed by atoms with Crippen molar-refractivity contribution in [3.05, 3.63) is 59.9 Å². The zero-order chi connectivity index (χ0) is 13.8. The average Bonchev–Trinajstić information content (AvgIpc) is 2.42. The molecular formula is C15H14FNO2. The third-order valence-corrected chi connectivity index (χ3v) is 2.84. The van der Waals surface area contributed by atoms with Crippen LogP contribution in [0.4, 0.5) is 10.1 Å². The van der Waals surface area contributed by atoms with E-state index in [2.05, 4.69) is 0 Å². The number of likely N-dealkylation sites (N-methyl/N-ethyl adjacent to an activating group) is 1. The second-order valence-corrected chi connectivity index (χ2v) is 4.28. The van der Waals surface area contributed by atoms with Crippen molar-refractivity contribution in [1.82, 2.24) is 0 Å². The number of anilines is 1. The molecule has 0 saturated carbocycles. The number of hydrogen-bond donors (Lipinski definition) is 1. The van der Waals surface area contributed by atoms with Gasteiger partial charge >= 0.3 is 0 Å². The first-order chi connectivity index (χ1) is 9.08. The van der Waals surface area contributed by atoms with Crippen LogP contribution < -0.4 is 4.90 Å². The third-order valence-electron chi connectivity index (χ3n) is 2.84. The molecular weight excluding hydrogens is 245 g/mol. The molecule has 0 aliphatic carbocycles. The van der Waals surface area contributed by atoms with Gasteiger partial charge in [-0.05, 0) is 30.3 Å². The number of carbonyl (C=O) groups is 1. The number of phenols is 1. The van der Waals surface area contributed by atoms with E-state index in [0.717, 1.165) is 17.8 Å². The summed E-state index contributed by atoms with van der Waals surface area (Å²) in [6.45, 7) is 0.0705. The van der Waals surface area contributed by atoms with E-state index in [1.54, 1.807) is 11.9 Å². The molecule has 0 aliphatic heterocycles. The maximum absolute atomic E-state index is 13.1. The van der Waals surface area contributed by atoms with Gasteiger partial charge in [0, 0.05) is 12.7 Å². The lowest BCUT2D eigenvalue weighted by molar-refractivity contribution is 0.0997. The minimum Gasteiger partial charge on any atom is -0.507 e. The maximum Gasteiger partial charge on any atom is 0.185 e. The summed E-state index contributed by atoms with van der Waals surface area (Å²) in [5.41, 5.74) is 0.884. The molecule has 4 heteroatoms. The van der Waals surface area contributed by atoms with Gasteiger partial charge in [0.2, 0.25) is 0 Å². The van der Waals surface area contributed by atoms with Gasteiger partial charge in [-0.25, -0.2) is 4.39 Å². The van der Waals surface area contributed by atoms with Crippen LogP contribution in [0.2, 0.25) is 0 Å². The molecule has 2 rings (SSSR count). The highest BCUT2D eigenvalue weighted by Gasteiger charge is 2.14. The van der Waals surface area contributed by atoms with E-state index in [-0.39, 0.29) is 23.6 Å². The lowest BCUT2D eigenvalue weighted by Gasteiger charge is -2.18. The van der Waals surface area contributed by atoms with E-state index in [4.69, 9.17) is 0 Å². The predicted octanol–water partition coefficient (Wildman–Crippen LogP) is 2.85. The largest absolute Gasteiger partial charge is 0.507 e. The Hall–Kier alpha value is -2.36. The maximum atomic E-state index is 13.1. The summed E-state index contributed by atoms with van der Waals surface area (Å²) in [5.74, 6) is -1.07. The first-order valence-corrected chi connectivity index (χ1v) is 5.86. The SMILES string of the molecule is CN(CC(=O)c1cc(F)ccc1O)c1ccccc1. The van der Waals surface area contributed by atoms with Crippen LogP contribution in [-0.2, 0) is 0 Å². The average molecular weight is 259 g/mol. The number of Topliss-reactive ketones (excluding diaryl/α,β-unsaturated/α-hetero) is 1. The van der Waals surface area contributed by atoms with Crippen LogP contribution in [0.3, 0.4) is 0 Å². The lowest BCUT2D eigenvalue weighted by atomic mass is 10.1. The summed E-state index contributed by atoms with van der Waals surface area (Å²) in [7, 11) is 1.77. The molecule has 2 aromatic rings. The highest BCUT2D eigenvalue weighted by Crippen LogP contribution is 2.19. The quantitative estimate of drug-likeness (QED) is 0.858. The van der Waals surface area contributed by atoms with E-state index in [9.17, 15) is 14.3 Å². The molecule has 98 valence electrons. The Morgan fingerprint density at radius 3 is 2.58 bits per heavy atom. The highest BCUT2D eigenvalue weighted by atomic mass is 19.1. The van der Waals surface area contributed by atoms with Crippen LogP contribution in [0.15, 0.2) is 48.5 Å². The molecule has 0 spiro atoms. The molecule has 0 fully saturated rings. The summed E-state index contributed by atoms with van der Waals surface area (Å²) in [4.78, 5) is 13.8. The van der Waals surface area contributed by atoms with Crippen molar-refractivity contribution in [2.24, 2.45) is 0 Å². The van der Waals surface area contributed by atoms with Crippen LogP contribution in [0.25, 0.3) is 0 Å². The molecule has 3 nitrogen and oxygen atoms in total. The van der Waals surface area contributed by atoms with E-state index < -0.39 is 5.82 Å². The van der Waals surface area contributed by atoms with Gasteiger partial charge < -0.3 is 10.0 Å². The van der Waals surface area contributed by atoms with Crippen LogP contribution in [-0.4, -0.2) is 24.5 Å². The minimum absolute atomic E-state index is 0.00258. The van der Waals surface area contributed by atoms with Gasteiger partial charge in [-0.2, -0.15) is 0 Å². The smallest absolute Gasteiger partial charge is 0.185 e. The van der Waals surface area contributed by atoms with Crippen LogP contribution in [0.1, 0.15) is 10.4 Å². The van der Waals surface area contributed by atoms with Crippen molar-refractivity contribution < 1.29 is 14.3 Å². The van der Waals surface area contributed by atoms with E-state index in [1.807, 2.05) is 30.3 Å². The van der Waals surface area contributed by atoms with Crippen molar-refractivity contribution in [2.45, 2.75) is 0 Å². The molecule has 0 radical (unpaired) electrons. The molecule has 1 N–H and O–H groups in total. The van der Waals surface area contributed by atoms with Crippen molar-refractivity contribution in [3.8, 4) is 5.75 Å². The number of nitrogens with zero attached hydrogens (tertiary/aromatic N) is 1. The van der Waals surface area contributed by atoms with Gasteiger partial charge in [0.15, 0.2) is 5.78 Å². The summed E-state index contributed by atoms with van der Waals surface area (Å²) in [6, 6.07) is 12.7. The number of hydrogen-bond acceptors (Lipinski definition) is 3. The van der Waals surface area contributed by atoms with Crippen LogP contribution in [0, 0.1) is 5.82 Å². The van der Waals surface area contributed by atoms with Gasteiger partial charge in [0.05, 0.1) is 12.1 Å². The fraction of sp³-hybridized carbons (Fsp3) is 0.133. The normalized spacial score (nSPS) is 10.2. The number of carbonyl (C=O) groups excluding carboxylic acids is 1. The Labute approximate surface area is 110 Å². The van der Waals surface area contributed by atoms with Gasteiger partial charge in [-0.3, -0.25) is 4.79 Å². The lowest BCUT2D eigenvalue weighted by Crippen LogP contribution is -2.25. The fourth-order valence-electron chi connectivity index (χ4n) is 1.81. The van der Waals surface area contributed by atoms with Crippen molar-refractivity contribution in [1.29, 1.82) is 0 Å². The van der Waals surface area contributed by atoms with E-state index in [0.29, 0.717) is 0 Å². The Balaban J connectivity index is 2.15. The van der Waals surface area contributed by atoms with Crippen LogP contribution in [0.5, 0.6) is 5.75 Å². The number of para-hydroxylation sites is 1. The Morgan fingerprint density at radius 1 is 1.21 bits per heavy atom. The monoisotopic (exact) mass is 259 g/mol. The van der Waals surface area contributed by atoms with Gasteiger partial charge in [-0.1, -0.05) is 18.2 Å². The zero-order valence-corrected chi connectivity index (χ0v) is 10.5.